The summed E-state index contributed by atoms with van der Waals surface area (Å²) in [5, 5.41) is 10.5. The summed E-state index contributed by atoms with van der Waals surface area (Å²) < 4.78 is 11.7. The predicted octanol–water partition coefficient (Wildman–Crippen LogP) is 9.76. The molecule has 3 aromatic rings. The van der Waals surface area contributed by atoms with Crippen LogP contribution in [0.2, 0.25) is 0 Å². The van der Waals surface area contributed by atoms with Crippen molar-refractivity contribution in [3.8, 4) is 32.6 Å². The second-order valence-corrected chi connectivity index (χ2v) is 12.3. The van der Waals surface area contributed by atoms with Gasteiger partial charge in [0.25, 0.3) is 0 Å². The highest BCUT2D eigenvalue weighted by Crippen LogP contribution is 2.36. The Morgan fingerprint density at radius 1 is 0.800 bits per heavy atom. The quantitative estimate of drug-likeness (QED) is 0.105. The van der Waals surface area contributed by atoms with Crippen molar-refractivity contribution in [3.05, 3.63) is 48.5 Å². The Morgan fingerprint density at radius 2 is 1.38 bits per heavy atom. The average molecular weight is 563 g/mol. The van der Waals surface area contributed by atoms with Crippen molar-refractivity contribution in [2.45, 2.75) is 97.8 Å². The minimum atomic E-state index is -0.121. The van der Waals surface area contributed by atoms with Gasteiger partial charge in [-0.2, -0.15) is 0 Å². The molecule has 1 aliphatic carbocycles. The Kier molecular flexibility index (Phi) is 12.0. The van der Waals surface area contributed by atoms with Gasteiger partial charge in [-0.3, -0.25) is 4.79 Å². The van der Waals surface area contributed by atoms with Crippen LogP contribution in [0.5, 0.6) is 11.5 Å². The Bertz CT molecular complexity index is 1150. The second kappa shape index (κ2) is 15.9. The Labute approximate surface area is 244 Å². The first kappa shape index (κ1) is 30.2. The summed E-state index contributed by atoms with van der Waals surface area (Å²) in [6.45, 7) is 7.29. The zero-order valence-corrected chi connectivity index (χ0v) is 25.4. The van der Waals surface area contributed by atoms with Gasteiger partial charge in [0.05, 0.1) is 12.5 Å². The summed E-state index contributed by atoms with van der Waals surface area (Å²) in [6, 6.07) is 15.7. The van der Waals surface area contributed by atoms with Gasteiger partial charge >= 0.3 is 5.97 Å². The molecule has 1 aromatic heterocycles. The van der Waals surface area contributed by atoms with Crippen LogP contribution >= 0.6 is 11.3 Å². The molecule has 1 heterocycles. The van der Waals surface area contributed by atoms with Crippen molar-refractivity contribution in [2.75, 3.05) is 6.61 Å². The van der Waals surface area contributed by atoms with Gasteiger partial charge in [-0.15, -0.1) is 10.2 Å². The number of carbonyl (C=O) groups is 1. The van der Waals surface area contributed by atoms with E-state index in [0.717, 1.165) is 58.7 Å². The number of ether oxygens (including phenoxy) is 2. The summed E-state index contributed by atoms with van der Waals surface area (Å²) >= 11 is 1.55. The molecule has 1 saturated carbocycles. The molecule has 4 rings (SSSR count). The van der Waals surface area contributed by atoms with E-state index in [1.54, 1.807) is 11.3 Å². The fourth-order valence-corrected chi connectivity index (χ4v) is 6.53. The van der Waals surface area contributed by atoms with Gasteiger partial charge in [-0.05, 0) is 79.6 Å². The van der Waals surface area contributed by atoms with Crippen LogP contribution in [0.3, 0.4) is 0 Å². The smallest absolute Gasteiger partial charge is 0.314 e. The average Bonchev–Trinajstić information content (AvgIpc) is 3.48. The van der Waals surface area contributed by atoms with Crippen LogP contribution in [0.15, 0.2) is 48.5 Å². The zero-order valence-electron chi connectivity index (χ0n) is 24.6. The van der Waals surface area contributed by atoms with Gasteiger partial charge in [-0.1, -0.05) is 89.9 Å². The van der Waals surface area contributed by atoms with Crippen molar-refractivity contribution in [2.24, 2.45) is 17.8 Å². The van der Waals surface area contributed by atoms with E-state index in [-0.39, 0.29) is 11.9 Å². The second-order valence-electron chi connectivity index (χ2n) is 11.4. The third-order valence-electron chi connectivity index (χ3n) is 8.28. The third kappa shape index (κ3) is 8.89. The molecule has 5 nitrogen and oxygen atoms in total. The maximum Gasteiger partial charge on any atom is 0.314 e. The molecule has 0 N–H and O–H groups in total. The highest BCUT2D eigenvalue weighted by Gasteiger charge is 2.30. The first-order chi connectivity index (χ1) is 19.6. The Hall–Kier alpha value is -2.73. The molecule has 1 unspecified atom stereocenters. The highest BCUT2D eigenvalue weighted by atomic mass is 32.1. The number of unbranched alkanes of at least 4 members (excludes halogenated alkanes) is 5. The summed E-state index contributed by atoms with van der Waals surface area (Å²) in [5.74, 6) is 2.56. The summed E-state index contributed by atoms with van der Waals surface area (Å²) in [6.07, 6.45) is 14.9. The molecule has 1 fully saturated rings. The number of rotatable bonds is 15. The normalized spacial score (nSPS) is 17.9. The van der Waals surface area contributed by atoms with E-state index in [2.05, 4.69) is 24.0 Å². The standard InChI is InChI=1S/C34H46N2O3S/c1-4-6-7-8-9-10-24-38-30-20-16-28(17-21-30)32-35-36-33(40-32)29-18-22-31(23-19-29)39-34(37)25(3)27-14-12-26(11-5-2)13-15-27/h16-23,25-27H,4-15,24H2,1-3H3. The van der Waals surface area contributed by atoms with Crippen LogP contribution in [0.25, 0.3) is 21.1 Å². The summed E-state index contributed by atoms with van der Waals surface area (Å²) in [5.41, 5.74) is 1.99. The van der Waals surface area contributed by atoms with Gasteiger partial charge in [0, 0.05) is 11.1 Å². The number of hydrogen-bond acceptors (Lipinski definition) is 6. The molecule has 0 bridgehead atoms. The van der Waals surface area contributed by atoms with E-state index in [0.29, 0.717) is 11.7 Å². The van der Waals surface area contributed by atoms with Gasteiger partial charge in [0.2, 0.25) is 0 Å². The van der Waals surface area contributed by atoms with Crippen LogP contribution < -0.4 is 9.47 Å². The van der Waals surface area contributed by atoms with Gasteiger partial charge in [0.1, 0.15) is 21.5 Å². The van der Waals surface area contributed by atoms with E-state index >= 15 is 0 Å². The van der Waals surface area contributed by atoms with E-state index < -0.39 is 0 Å². The lowest BCUT2D eigenvalue weighted by atomic mass is 9.75. The van der Waals surface area contributed by atoms with E-state index in [9.17, 15) is 4.79 Å². The Morgan fingerprint density at radius 3 is 1.98 bits per heavy atom. The molecular formula is C34H46N2O3S. The van der Waals surface area contributed by atoms with Gasteiger partial charge in [-0.25, -0.2) is 0 Å². The first-order valence-electron chi connectivity index (χ1n) is 15.5. The molecule has 0 saturated heterocycles. The minimum absolute atomic E-state index is 0.0692. The fourth-order valence-electron chi connectivity index (χ4n) is 5.67. The van der Waals surface area contributed by atoms with E-state index in [1.807, 2.05) is 55.5 Å². The number of benzene rings is 2. The van der Waals surface area contributed by atoms with E-state index in [1.165, 1.54) is 57.8 Å². The third-order valence-corrected chi connectivity index (χ3v) is 9.30. The van der Waals surface area contributed by atoms with Crippen molar-refractivity contribution < 1.29 is 14.3 Å². The Balaban J connectivity index is 1.24. The van der Waals surface area contributed by atoms with Crippen LogP contribution in [0.4, 0.5) is 0 Å². The molecule has 2 aromatic carbocycles. The van der Waals surface area contributed by atoms with Crippen molar-refractivity contribution in [1.82, 2.24) is 10.2 Å². The van der Waals surface area contributed by atoms with Crippen molar-refractivity contribution in [3.63, 3.8) is 0 Å². The van der Waals surface area contributed by atoms with Crippen molar-refractivity contribution >= 4 is 17.3 Å². The molecule has 1 aliphatic rings. The molecule has 0 spiro atoms. The molecule has 0 radical (unpaired) electrons. The number of aromatic nitrogens is 2. The molecule has 40 heavy (non-hydrogen) atoms. The lowest BCUT2D eigenvalue weighted by molar-refractivity contribution is -0.140. The monoisotopic (exact) mass is 562 g/mol. The van der Waals surface area contributed by atoms with Crippen LogP contribution in [-0.2, 0) is 4.79 Å². The maximum absolute atomic E-state index is 12.8. The molecule has 216 valence electrons. The number of carbonyl (C=O) groups excluding carboxylic acids is 1. The molecule has 1 atom stereocenters. The molecular weight excluding hydrogens is 516 g/mol. The predicted molar refractivity (Wildman–Crippen MR) is 165 cm³/mol. The highest BCUT2D eigenvalue weighted by molar-refractivity contribution is 7.17. The fraction of sp³-hybridized carbons (Fsp3) is 0.559. The minimum Gasteiger partial charge on any atom is -0.494 e. The zero-order chi connectivity index (χ0) is 28.2. The van der Waals surface area contributed by atoms with Gasteiger partial charge in [0.15, 0.2) is 0 Å². The van der Waals surface area contributed by atoms with Crippen LogP contribution in [0, 0.1) is 17.8 Å². The van der Waals surface area contributed by atoms with Crippen LogP contribution in [-0.4, -0.2) is 22.8 Å². The van der Waals surface area contributed by atoms with Crippen LogP contribution in [0.1, 0.15) is 97.8 Å². The topological polar surface area (TPSA) is 61.3 Å². The largest absolute Gasteiger partial charge is 0.494 e. The lowest BCUT2D eigenvalue weighted by Gasteiger charge is -2.31. The summed E-state index contributed by atoms with van der Waals surface area (Å²) in [7, 11) is 0. The number of esters is 1. The molecule has 0 aliphatic heterocycles. The lowest BCUT2D eigenvalue weighted by Crippen LogP contribution is -2.28. The number of hydrogen-bond donors (Lipinski definition) is 0. The maximum atomic E-state index is 12.8. The molecule has 0 amide bonds. The number of nitrogens with zero attached hydrogens (tertiary/aromatic N) is 2. The van der Waals surface area contributed by atoms with E-state index in [4.69, 9.17) is 9.47 Å². The van der Waals surface area contributed by atoms with Gasteiger partial charge < -0.3 is 9.47 Å². The summed E-state index contributed by atoms with van der Waals surface area (Å²) in [4.78, 5) is 12.8. The molecule has 6 heteroatoms. The first-order valence-corrected chi connectivity index (χ1v) is 16.3. The SMILES string of the molecule is CCCCCCCCOc1ccc(-c2nnc(-c3ccc(OC(=O)C(C)C4CCC(CCC)CC4)cc3)s2)cc1. The van der Waals surface area contributed by atoms with Crippen molar-refractivity contribution in [1.29, 1.82) is 0 Å².